The third-order valence-electron chi connectivity index (χ3n) is 11.7. The van der Waals surface area contributed by atoms with Gasteiger partial charge in [0, 0.05) is 36.4 Å². The quantitative estimate of drug-likeness (QED) is 0.0430. The minimum absolute atomic E-state index is 0.0692. The van der Waals surface area contributed by atoms with Gasteiger partial charge in [0.2, 0.25) is 35.4 Å². The third kappa shape index (κ3) is 18.4. The fourth-order valence-electron chi connectivity index (χ4n) is 7.71. The van der Waals surface area contributed by atoms with E-state index in [0.29, 0.717) is 37.8 Å². The summed E-state index contributed by atoms with van der Waals surface area (Å²) in [6, 6.07) is 7.50. The molecule has 2 aromatic carbocycles. The van der Waals surface area contributed by atoms with Crippen LogP contribution in [-0.2, 0) is 51.2 Å². The molecule has 0 saturated carbocycles. The molecule has 0 saturated heterocycles. The van der Waals surface area contributed by atoms with Crippen molar-refractivity contribution < 1.29 is 48.6 Å². The lowest BCUT2D eigenvalue weighted by molar-refractivity contribution is -0.142. The molecule has 6 amide bonds. The molecule has 3 rings (SSSR count). The molecule has 13 N–H and O–H groups in total. The van der Waals surface area contributed by atoms with Crippen LogP contribution in [0.15, 0.2) is 60.8 Å². The second-order valence-electron chi connectivity index (χ2n) is 18.4. The largest absolute Gasteiger partial charge is 0.481 e. The maximum Gasteiger partial charge on any atom is 0.326 e. The van der Waals surface area contributed by atoms with Crippen molar-refractivity contribution in [2.24, 2.45) is 29.2 Å². The second kappa shape index (κ2) is 28.1. The van der Waals surface area contributed by atoms with Crippen molar-refractivity contribution in [2.75, 3.05) is 6.54 Å². The fourth-order valence-corrected chi connectivity index (χ4v) is 7.71. The van der Waals surface area contributed by atoms with Crippen LogP contribution in [0.3, 0.4) is 0 Å². The van der Waals surface area contributed by atoms with E-state index in [4.69, 9.17) is 11.5 Å². The highest BCUT2D eigenvalue weighted by atomic mass is 16.4. The van der Waals surface area contributed by atoms with Gasteiger partial charge < -0.3 is 58.6 Å². The molecule has 374 valence electrons. The SMILES string of the molecule is CC[C@H](C)[C@H](NC(=O)[C@H](Cc1ccccc1)NC(=O)[C@@H](N)CC(C)C)C(=O)N[C@@H](CCC(=O)O)C(=O)N[C@@H](Cc1c[nH]c2ccccc12)C(=O)N[C@@H](CC(C)C)C(=O)N[C@@H](CCCCN)C(=O)O. The lowest BCUT2D eigenvalue weighted by Gasteiger charge is -2.29. The van der Waals surface area contributed by atoms with Crippen LogP contribution < -0.4 is 43.4 Å². The van der Waals surface area contributed by atoms with E-state index in [1.165, 1.54) is 0 Å². The predicted molar refractivity (Wildman–Crippen MR) is 257 cm³/mol. The maximum atomic E-state index is 14.4. The number of H-pyrrole nitrogens is 1. The van der Waals surface area contributed by atoms with E-state index < -0.39 is 108 Å². The number of carbonyl (C=O) groups is 8. The Labute approximate surface area is 398 Å². The normalized spacial score (nSPS) is 14.9. The lowest BCUT2D eigenvalue weighted by atomic mass is 9.96. The van der Waals surface area contributed by atoms with Crippen LogP contribution in [-0.4, -0.2) is 111 Å². The Morgan fingerprint density at radius 2 is 1.15 bits per heavy atom. The third-order valence-corrected chi connectivity index (χ3v) is 11.7. The van der Waals surface area contributed by atoms with Gasteiger partial charge in [0.1, 0.15) is 36.3 Å². The number of benzene rings is 2. The number of nitrogens with two attached hydrogens (primary N) is 2. The number of carbonyl (C=O) groups excluding carboxylic acids is 6. The van der Waals surface area contributed by atoms with E-state index in [9.17, 15) is 48.6 Å². The monoisotopic (exact) mass is 948 g/mol. The van der Waals surface area contributed by atoms with Crippen molar-refractivity contribution in [3.63, 3.8) is 0 Å². The Bertz CT molecular complexity index is 2150. The molecule has 0 aliphatic rings. The lowest BCUT2D eigenvalue weighted by Crippen LogP contribution is -2.61. The van der Waals surface area contributed by atoms with Gasteiger partial charge in [-0.3, -0.25) is 33.6 Å². The molecule has 1 aromatic heterocycles. The number of nitrogens with one attached hydrogen (secondary N) is 7. The Morgan fingerprint density at radius 1 is 0.603 bits per heavy atom. The first kappa shape index (κ1) is 56.0. The summed E-state index contributed by atoms with van der Waals surface area (Å²) in [5.41, 5.74) is 13.8. The average molecular weight is 948 g/mol. The highest BCUT2D eigenvalue weighted by molar-refractivity contribution is 5.98. The van der Waals surface area contributed by atoms with Gasteiger partial charge in [-0.25, -0.2) is 4.79 Å². The van der Waals surface area contributed by atoms with E-state index in [1.54, 1.807) is 56.4 Å². The number of aliphatic carboxylic acids is 2. The number of aromatic amines is 1. The number of aromatic nitrogens is 1. The maximum absolute atomic E-state index is 14.4. The van der Waals surface area contributed by atoms with Crippen molar-refractivity contribution >= 4 is 58.3 Å². The van der Waals surface area contributed by atoms with Crippen molar-refractivity contribution in [1.29, 1.82) is 0 Å². The zero-order valence-electron chi connectivity index (χ0n) is 40.1. The summed E-state index contributed by atoms with van der Waals surface area (Å²) in [5, 5.41) is 36.4. The number of hydrogen-bond acceptors (Lipinski definition) is 10. The van der Waals surface area contributed by atoms with E-state index >= 15 is 0 Å². The van der Waals surface area contributed by atoms with Crippen LogP contribution in [0.1, 0.15) is 104 Å². The number of para-hydroxylation sites is 1. The number of hydrogen-bond donors (Lipinski definition) is 11. The van der Waals surface area contributed by atoms with Gasteiger partial charge in [0.25, 0.3) is 0 Å². The van der Waals surface area contributed by atoms with Crippen molar-refractivity contribution in [1.82, 2.24) is 36.9 Å². The minimum Gasteiger partial charge on any atom is -0.481 e. The summed E-state index contributed by atoms with van der Waals surface area (Å²) in [6.07, 6.45) is 2.62. The van der Waals surface area contributed by atoms with Crippen LogP contribution in [0.4, 0.5) is 0 Å². The molecular formula is C49H73N9O10. The number of carboxylic acid groups (broad SMARTS) is 2. The van der Waals surface area contributed by atoms with Gasteiger partial charge >= 0.3 is 11.9 Å². The molecule has 0 aliphatic carbocycles. The van der Waals surface area contributed by atoms with Crippen molar-refractivity contribution in [2.45, 2.75) is 148 Å². The van der Waals surface area contributed by atoms with Crippen LogP contribution in [0.2, 0.25) is 0 Å². The number of rotatable bonds is 30. The van der Waals surface area contributed by atoms with Crippen molar-refractivity contribution in [3.05, 3.63) is 71.9 Å². The topological polar surface area (TPSA) is 317 Å². The van der Waals surface area contributed by atoms with Crippen molar-refractivity contribution in [3.8, 4) is 0 Å². The highest BCUT2D eigenvalue weighted by Crippen LogP contribution is 2.20. The predicted octanol–water partition coefficient (Wildman–Crippen LogP) is 2.41. The van der Waals surface area contributed by atoms with Gasteiger partial charge in [-0.05, 0) is 80.0 Å². The number of fused-ring (bicyclic) bond motifs is 1. The number of unbranched alkanes of at least 4 members (excludes halogenated alkanes) is 1. The number of amides is 6. The summed E-state index contributed by atoms with van der Waals surface area (Å²) in [7, 11) is 0. The molecule has 0 spiro atoms. The number of carboxylic acids is 2. The van der Waals surface area contributed by atoms with E-state index in [2.05, 4.69) is 36.9 Å². The molecule has 68 heavy (non-hydrogen) atoms. The molecule has 19 nitrogen and oxygen atoms in total. The molecule has 19 heteroatoms. The summed E-state index contributed by atoms with van der Waals surface area (Å²) in [4.78, 5) is 111. The second-order valence-corrected chi connectivity index (χ2v) is 18.4. The van der Waals surface area contributed by atoms with Gasteiger partial charge in [0.15, 0.2) is 0 Å². The molecule has 1 heterocycles. The zero-order valence-corrected chi connectivity index (χ0v) is 40.1. The van der Waals surface area contributed by atoms with Gasteiger partial charge in [-0.15, -0.1) is 0 Å². The molecule has 8 atom stereocenters. The van der Waals surface area contributed by atoms with Gasteiger partial charge in [-0.2, -0.15) is 0 Å². The van der Waals surface area contributed by atoms with E-state index in [1.807, 2.05) is 45.9 Å². The molecular weight excluding hydrogens is 875 g/mol. The standard InChI is InChI=1S/C49H73N9O10/c1-7-30(6)42(58-47(65)39(25-31-15-9-8-10-16-31)55-43(61)34(51)23-28(2)3)48(66)53-36(20-21-41(59)60)44(62)57-40(26-32-27-52-35-18-12-11-17-33(32)35)46(64)56-38(24-29(4)5)45(63)54-37(49(67)68)19-13-14-22-50/h8-12,15-18,27-30,34,36-40,42,52H,7,13-14,19-26,50-51H2,1-6H3,(H,53,66)(H,54,63)(H,55,61)(H,56,64)(H,57,62)(H,58,65)(H,59,60)(H,67,68)/t30-,34-,36-,37-,38-,39-,40-,42-/m0/s1. The van der Waals surface area contributed by atoms with Crippen LogP contribution in [0, 0.1) is 17.8 Å². The Morgan fingerprint density at radius 3 is 1.76 bits per heavy atom. The molecule has 0 radical (unpaired) electrons. The first-order chi connectivity index (χ1) is 32.2. The first-order valence-corrected chi connectivity index (χ1v) is 23.6. The molecule has 0 bridgehead atoms. The Kier molecular flexibility index (Phi) is 23.1. The average Bonchev–Trinajstić information content (AvgIpc) is 3.70. The van der Waals surface area contributed by atoms with Crippen LogP contribution in [0.25, 0.3) is 10.9 Å². The smallest absolute Gasteiger partial charge is 0.326 e. The first-order valence-electron chi connectivity index (χ1n) is 23.6. The van der Waals surface area contributed by atoms with Crippen LogP contribution in [0.5, 0.6) is 0 Å². The summed E-state index contributed by atoms with van der Waals surface area (Å²) >= 11 is 0. The summed E-state index contributed by atoms with van der Waals surface area (Å²) < 4.78 is 0. The summed E-state index contributed by atoms with van der Waals surface area (Å²) in [6.45, 7) is 11.3. The zero-order chi connectivity index (χ0) is 50.5. The fraction of sp³-hybridized carbons (Fsp3) is 0.551. The molecule has 0 unspecified atom stereocenters. The van der Waals surface area contributed by atoms with E-state index in [-0.39, 0.29) is 37.5 Å². The van der Waals surface area contributed by atoms with Gasteiger partial charge in [-0.1, -0.05) is 96.5 Å². The van der Waals surface area contributed by atoms with Gasteiger partial charge in [0.05, 0.1) is 6.04 Å². The Hall–Kier alpha value is -6.34. The molecule has 3 aromatic rings. The van der Waals surface area contributed by atoms with Crippen LogP contribution >= 0.6 is 0 Å². The molecule has 0 fully saturated rings. The van der Waals surface area contributed by atoms with E-state index in [0.717, 1.165) is 16.5 Å². The summed E-state index contributed by atoms with van der Waals surface area (Å²) in [5.74, 6) is -7.59. The minimum atomic E-state index is -1.53. The Balaban J connectivity index is 1.97. The molecule has 0 aliphatic heterocycles. The highest BCUT2D eigenvalue weighted by Gasteiger charge is 2.36.